The van der Waals surface area contributed by atoms with Crippen LogP contribution in [0.5, 0.6) is 11.5 Å². The zero-order valence-electron chi connectivity index (χ0n) is 16.2. The summed E-state index contributed by atoms with van der Waals surface area (Å²) >= 11 is 6.28. The second-order valence-corrected chi connectivity index (χ2v) is 7.08. The highest BCUT2D eigenvalue weighted by atomic mass is 35.5. The molecule has 28 heavy (non-hydrogen) atoms. The number of hydrogen-bond donors (Lipinski definition) is 1. The number of phenolic OH excluding ortho intramolecular Hbond substituents is 1. The summed E-state index contributed by atoms with van der Waals surface area (Å²) in [6.45, 7) is 6.46. The van der Waals surface area contributed by atoms with Gasteiger partial charge in [-0.05, 0) is 42.5 Å². The molecule has 152 valence electrons. The van der Waals surface area contributed by atoms with Gasteiger partial charge < -0.3 is 14.6 Å². The molecular weight excluding hydrogens is 390 g/mol. The van der Waals surface area contributed by atoms with Crippen LogP contribution in [0.15, 0.2) is 18.2 Å². The van der Waals surface area contributed by atoms with Crippen LogP contribution in [0.2, 0.25) is 5.02 Å². The summed E-state index contributed by atoms with van der Waals surface area (Å²) < 4.78 is 39.4. The fraction of sp³-hybridized carbons (Fsp3) is 0.381. The summed E-state index contributed by atoms with van der Waals surface area (Å²) in [5.74, 6) is -2.33. The smallest absolute Gasteiger partial charge is 0.344 e. The average molecular weight is 413 g/mol. The van der Waals surface area contributed by atoms with Crippen LogP contribution in [0, 0.1) is 18.6 Å². The first-order valence-electron chi connectivity index (χ1n) is 8.93. The van der Waals surface area contributed by atoms with Gasteiger partial charge in [0.15, 0.2) is 18.2 Å². The molecule has 0 aliphatic heterocycles. The van der Waals surface area contributed by atoms with Crippen molar-refractivity contribution in [1.29, 1.82) is 0 Å². The van der Waals surface area contributed by atoms with Crippen LogP contribution in [-0.4, -0.2) is 24.3 Å². The summed E-state index contributed by atoms with van der Waals surface area (Å²) in [7, 11) is 0. The lowest BCUT2D eigenvalue weighted by Gasteiger charge is -2.16. The number of benzene rings is 2. The van der Waals surface area contributed by atoms with Gasteiger partial charge in [-0.2, -0.15) is 0 Å². The first kappa shape index (κ1) is 22.0. The predicted molar refractivity (Wildman–Crippen MR) is 103 cm³/mol. The zero-order chi connectivity index (χ0) is 21.0. The fourth-order valence-corrected chi connectivity index (χ4v) is 3.24. The van der Waals surface area contributed by atoms with Crippen molar-refractivity contribution in [3.63, 3.8) is 0 Å². The van der Waals surface area contributed by atoms with Gasteiger partial charge in [-0.15, -0.1) is 0 Å². The van der Waals surface area contributed by atoms with E-state index in [9.17, 15) is 18.7 Å². The topological polar surface area (TPSA) is 55.8 Å². The van der Waals surface area contributed by atoms with Gasteiger partial charge in [0, 0.05) is 23.1 Å². The van der Waals surface area contributed by atoms with E-state index in [4.69, 9.17) is 21.1 Å². The summed E-state index contributed by atoms with van der Waals surface area (Å²) in [4.78, 5) is 11.4. The van der Waals surface area contributed by atoms with Gasteiger partial charge in [0.1, 0.15) is 11.6 Å². The molecule has 0 amide bonds. The van der Waals surface area contributed by atoms with Crippen LogP contribution in [0.1, 0.15) is 48.9 Å². The fourth-order valence-electron chi connectivity index (χ4n) is 2.93. The maximum absolute atomic E-state index is 14.8. The lowest BCUT2D eigenvalue weighted by atomic mass is 9.94. The third kappa shape index (κ3) is 4.73. The zero-order valence-corrected chi connectivity index (χ0v) is 17.0. The number of hydrogen-bond acceptors (Lipinski definition) is 4. The Kier molecular flexibility index (Phi) is 7.24. The second-order valence-electron chi connectivity index (χ2n) is 6.67. The molecule has 0 radical (unpaired) electrons. The van der Waals surface area contributed by atoms with Crippen molar-refractivity contribution in [2.24, 2.45) is 0 Å². The number of carbonyl (C=O) groups is 1. The monoisotopic (exact) mass is 412 g/mol. The Morgan fingerprint density at radius 1 is 1.25 bits per heavy atom. The molecule has 0 bridgehead atoms. The number of phenols is 1. The molecular formula is C21H23ClF2O4. The molecule has 0 unspecified atom stereocenters. The summed E-state index contributed by atoms with van der Waals surface area (Å²) in [6.07, 6.45) is 0.0472. The Morgan fingerprint density at radius 3 is 2.54 bits per heavy atom. The molecule has 0 aliphatic carbocycles. The summed E-state index contributed by atoms with van der Waals surface area (Å²) in [5, 5.41) is 10.1. The minimum Gasteiger partial charge on any atom is -0.508 e. The van der Waals surface area contributed by atoms with Crippen molar-refractivity contribution in [3.05, 3.63) is 57.1 Å². The van der Waals surface area contributed by atoms with Crippen molar-refractivity contribution in [2.75, 3.05) is 13.2 Å². The maximum atomic E-state index is 14.8. The standard InChI is InChI=1S/C21H23ClF2O4/c1-5-27-18(26)10-28-17-9-15(22)14(12(4)20(17)23)8-13-6-7-16(25)19(11(2)3)21(13)24/h6-7,9,11,25H,5,8,10H2,1-4H3. The highest BCUT2D eigenvalue weighted by Crippen LogP contribution is 2.35. The van der Waals surface area contributed by atoms with Gasteiger partial charge >= 0.3 is 5.97 Å². The summed E-state index contributed by atoms with van der Waals surface area (Å²) in [5.41, 5.74) is 1.11. The van der Waals surface area contributed by atoms with E-state index in [0.717, 1.165) is 0 Å². The first-order valence-corrected chi connectivity index (χ1v) is 9.31. The molecule has 0 fully saturated rings. The van der Waals surface area contributed by atoms with Crippen molar-refractivity contribution in [2.45, 2.75) is 40.0 Å². The minimum atomic E-state index is -0.674. The lowest BCUT2D eigenvalue weighted by molar-refractivity contribution is -0.145. The highest BCUT2D eigenvalue weighted by molar-refractivity contribution is 6.31. The van der Waals surface area contributed by atoms with Crippen LogP contribution in [-0.2, 0) is 16.0 Å². The molecule has 0 saturated heterocycles. The minimum absolute atomic E-state index is 0.0472. The van der Waals surface area contributed by atoms with Crippen molar-refractivity contribution >= 4 is 17.6 Å². The second kappa shape index (κ2) is 9.24. The molecule has 0 atom stereocenters. The Bertz CT molecular complexity index is 881. The van der Waals surface area contributed by atoms with Gasteiger partial charge in [-0.1, -0.05) is 31.5 Å². The molecule has 0 aliphatic rings. The maximum Gasteiger partial charge on any atom is 0.344 e. The molecule has 0 spiro atoms. The quantitative estimate of drug-likeness (QED) is 0.628. The summed E-state index contributed by atoms with van der Waals surface area (Å²) in [6, 6.07) is 4.14. The van der Waals surface area contributed by atoms with Crippen LogP contribution < -0.4 is 4.74 Å². The molecule has 2 aromatic carbocycles. The van der Waals surface area contributed by atoms with E-state index in [0.29, 0.717) is 11.1 Å². The molecule has 0 heterocycles. The van der Waals surface area contributed by atoms with Gasteiger partial charge in [0.2, 0.25) is 0 Å². The van der Waals surface area contributed by atoms with E-state index in [-0.39, 0.29) is 46.6 Å². The average Bonchev–Trinajstić information content (AvgIpc) is 2.62. The number of aromatic hydroxyl groups is 1. The van der Waals surface area contributed by atoms with Gasteiger partial charge in [0.25, 0.3) is 0 Å². The molecule has 0 aromatic heterocycles. The van der Waals surface area contributed by atoms with Crippen molar-refractivity contribution in [3.8, 4) is 11.5 Å². The van der Waals surface area contributed by atoms with E-state index in [2.05, 4.69) is 0 Å². The molecule has 2 rings (SSSR count). The van der Waals surface area contributed by atoms with Crippen LogP contribution in [0.4, 0.5) is 8.78 Å². The highest BCUT2D eigenvalue weighted by Gasteiger charge is 2.21. The number of halogens is 3. The Morgan fingerprint density at radius 2 is 1.93 bits per heavy atom. The molecule has 2 aromatic rings. The number of ether oxygens (including phenoxy) is 2. The predicted octanol–water partition coefficient (Wildman–Crippen LogP) is 5.29. The first-order chi connectivity index (χ1) is 13.2. The van der Waals surface area contributed by atoms with Gasteiger partial charge in [0.05, 0.1) is 6.61 Å². The number of esters is 1. The number of rotatable bonds is 7. The van der Waals surface area contributed by atoms with E-state index >= 15 is 0 Å². The van der Waals surface area contributed by atoms with E-state index in [1.165, 1.54) is 25.1 Å². The Hall–Kier alpha value is -2.34. The molecule has 1 N–H and O–H groups in total. The van der Waals surface area contributed by atoms with E-state index in [1.54, 1.807) is 20.8 Å². The van der Waals surface area contributed by atoms with Crippen LogP contribution in [0.25, 0.3) is 0 Å². The van der Waals surface area contributed by atoms with Crippen molar-refractivity contribution < 1.29 is 28.2 Å². The molecule has 7 heteroatoms. The van der Waals surface area contributed by atoms with E-state index in [1.807, 2.05) is 0 Å². The Balaban J connectivity index is 2.34. The van der Waals surface area contributed by atoms with Gasteiger partial charge in [-0.25, -0.2) is 13.6 Å². The molecule has 0 saturated carbocycles. The van der Waals surface area contributed by atoms with Crippen molar-refractivity contribution in [1.82, 2.24) is 0 Å². The largest absolute Gasteiger partial charge is 0.508 e. The van der Waals surface area contributed by atoms with Crippen LogP contribution in [0.3, 0.4) is 0 Å². The third-order valence-electron chi connectivity index (χ3n) is 4.38. The Labute approximate surface area is 168 Å². The van der Waals surface area contributed by atoms with Gasteiger partial charge in [-0.3, -0.25) is 0 Å². The van der Waals surface area contributed by atoms with Crippen LogP contribution >= 0.6 is 11.6 Å². The normalized spacial score (nSPS) is 11.0. The lowest BCUT2D eigenvalue weighted by Crippen LogP contribution is -2.15. The van der Waals surface area contributed by atoms with E-state index < -0.39 is 24.2 Å². The third-order valence-corrected chi connectivity index (χ3v) is 4.71. The SMILES string of the molecule is CCOC(=O)COc1cc(Cl)c(Cc2ccc(O)c(C(C)C)c2F)c(C)c1F. The molecule has 4 nitrogen and oxygen atoms in total. The number of carbonyl (C=O) groups excluding carboxylic acids is 1.